The van der Waals surface area contributed by atoms with Crippen molar-refractivity contribution in [3.05, 3.63) is 12.3 Å². The number of rotatable bonds is 1. The zero-order chi connectivity index (χ0) is 18.8. The normalized spacial score (nSPS) is 58.1. The summed E-state index contributed by atoms with van der Waals surface area (Å²) >= 11 is 0. The molecule has 2 heterocycles. The molecule has 3 aliphatic carbocycles. The standard InChI is InChI=1S/C20H28O6/c1-16(2)9-18-10-19(16,23)6-5-11(18)20-7-8-25-15(26-20)17(3,22)13(20)12(18)14(21)24-4/h7-8,11-13,15,22-23H,5-6,9-10H2,1-4H3/t11-,12-,13-,15?,17+,18+,19+,20-/m1/s1. The zero-order valence-electron chi connectivity index (χ0n) is 15.8. The third-order valence-corrected chi connectivity index (χ3v) is 8.58. The summed E-state index contributed by atoms with van der Waals surface area (Å²) in [6.07, 6.45) is 5.46. The number of fused-ring (bicyclic) bond motifs is 2. The molecule has 5 aliphatic rings. The largest absolute Gasteiger partial charge is 0.470 e. The van der Waals surface area contributed by atoms with Gasteiger partial charge in [0.15, 0.2) is 0 Å². The van der Waals surface area contributed by atoms with Crippen LogP contribution in [-0.2, 0) is 19.0 Å². The smallest absolute Gasteiger partial charge is 0.309 e. The van der Waals surface area contributed by atoms with Crippen molar-refractivity contribution in [1.82, 2.24) is 0 Å². The maximum absolute atomic E-state index is 13.0. The second-order valence-electron chi connectivity index (χ2n) is 10.0. The van der Waals surface area contributed by atoms with E-state index < -0.39 is 40.3 Å². The Bertz CT molecular complexity index is 709. The number of methoxy groups -OCH3 is 1. The second-order valence-corrected chi connectivity index (χ2v) is 10.0. The fourth-order valence-electron chi connectivity index (χ4n) is 7.64. The van der Waals surface area contributed by atoms with Crippen molar-refractivity contribution in [2.75, 3.05) is 7.11 Å². The van der Waals surface area contributed by atoms with E-state index in [0.29, 0.717) is 12.8 Å². The summed E-state index contributed by atoms with van der Waals surface area (Å²) in [6, 6.07) is 0. The molecule has 1 unspecified atom stereocenters. The highest BCUT2D eigenvalue weighted by molar-refractivity contribution is 5.76. The Balaban J connectivity index is 1.75. The number of ether oxygens (including phenoxy) is 3. The summed E-state index contributed by atoms with van der Waals surface area (Å²) in [4.78, 5) is 13.0. The van der Waals surface area contributed by atoms with Gasteiger partial charge in [-0.15, -0.1) is 0 Å². The minimum atomic E-state index is -1.31. The molecule has 8 atom stereocenters. The van der Waals surface area contributed by atoms with Crippen molar-refractivity contribution in [2.45, 2.75) is 69.5 Å². The first-order chi connectivity index (χ1) is 12.0. The third-order valence-electron chi connectivity index (χ3n) is 8.58. The number of esters is 1. The van der Waals surface area contributed by atoms with Gasteiger partial charge in [0.1, 0.15) is 11.2 Å². The molecular weight excluding hydrogens is 336 g/mol. The first-order valence-electron chi connectivity index (χ1n) is 9.58. The number of carbonyl (C=O) groups is 1. The average Bonchev–Trinajstić information content (AvgIpc) is 2.94. The van der Waals surface area contributed by atoms with Gasteiger partial charge in [0.05, 0.1) is 24.9 Å². The molecule has 6 nitrogen and oxygen atoms in total. The molecule has 144 valence electrons. The van der Waals surface area contributed by atoms with Crippen LogP contribution < -0.4 is 0 Å². The Kier molecular flexibility index (Phi) is 2.93. The first-order valence-corrected chi connectivity index (χ1v) is 9.58. The fourth-order valence-corrected chi connectivity index (χ4v) is 7.64. The van der Waals surface area contributed by atoms with Crippen molar-refractivity contribution in [3.8, 4) is 0 Å². The van der Waals surface area contributed by atoms with Crippen molar-refractivity contribution < 1.29 is 29.2 Å². The van der Waals surface area contributed by atoms with Crippen molar-refractivity contribution >= 4 is 5.97 Å². The van der Waals surface area contributed by atoms with E-state index in [9.17, 15) is 15.0 Å². The Hall–Kier alpha value is -1.11. The Morgan fingerprint density at radius 1 is 1.23 bits per heavy atom. The molecule has 3 saturated carbocycles. The summed E-state index contributed by atoms with van der Waals surface area (Å²) in [5.41, 5.74) is -3.59. The maximum Gasteiger partial charge on any atom is 0.309 e. The summed E-state index contributed by atoms with van der Waals surface area (Å²) in [7, 11) is 1.40. The number of carbonyl (C=O) groups excluding carboxylic acids is 1. The molecule has 4 bridgehead atoms. The molecule has 1 saturated heterocycles. The minimum absolute atomic E-state index is 0.0442. The van der Waals surface area contributed by atoms with E-state index in [-0.39, 0.29) is 17.3 Å². The molecule has 0 amide bonds. The SMILES string of the molecule is COC(=O)[C@H]1[C@H]2[C@@]3(C=COC(O3)[C@@]2(C)O)[C@@H]2CC[C@]3(O)C[C@@]21CC3(C)C. The summed E-state index contributed by atoms with van der Waals surface area (Å²) in [5, 5.41) is 22.7. The number of hydrogen-bond donors (Lipinski definition) is 2. The molecule has 2 N–H and O–H groups in total. The van der Waals surface area contributed by atoms with E-state index in [1.54, 1.807) is 13.2 Å². The van der Waals surface area contributed by atoms with E-state index in [1.165, 1.54) is 7.11 Å². The van der Waals surface area contributed by atoms with Crippen LogP contribution in [0.5, 0.6) is 0 Å². The minimum Gasteiger partial charge on any atom is -0.470 e. The van der Waals surface area contributed by atoms with Crippen LogP contribution in [0.1, 0.15) is 46.5 Å². The number of aliphatic hydroxyl groups is 2. The molecule has 2 spiro atoms. The molecular formula is C20H28O6. The van der Waals surface area contributed by atoms with Crippen LogP contribution in [0, 0.1) is 28.6 Å². The number of hydrogen-bond acceptors (Lipinski definition) is 6. The van der Waals surface area contributed by atoms with Gasteiger partial charge in [0.25, 0.3) is 0 Å². The predicted molar refractivity (Wildman–Crippen MR) is 90.6 cm³/mol. The summed E-state index contributed by atoms with van der Waals surface area (Å²) in [5.74, 6) is -1.25. The van der Waals surface area contributed by atoms with E-state index in [4.69, 9.17) is 14.2 Å². The highest BCUT2D eigenvalue weighted by atomic mass is 16.7. The van der Waals surface area contributed by atoms with E-state index in [0.717, 1.165) is 12.8 Å². The van der Waals surface area contributed by atoms with Crippen LogP contribution in [-0.4, -0.2) is 46.4 Å². The lowest BCUT2D eigenvalue weighted by molar-refractivity contribution is -0.216. The molecule has 0 radical (unpaired) electrons. The lowest BCUT2D eigenvalue weighted by Gasteiger charge is -2.46. The Morgan fingerprint density at radius 3 is 2.65 bits per heavy atom. The van der Waals surface area contributed by atoms with Gasteiger partial charge in [-0.3, -0.25) is 4.79 Å². The maximum atomic E-state index is 13.0. The molecule has 4 fully saturated rings. The van der Waals surface area contributed by atoms with Crippen LogP contribution in [0.4, 0.5) is 0 Å². The van der Waals surface area contributed by atoms with Gasteiger partial charge in [0.2, 0.25) is 6.29 Å². The van der Waals surface area contributed by atoms with Gasteiger partial charge < -0.3 is 24.4 Å². The van der Waals surface area contributed by atoms with Crippen LogP contribution in [0.2, 0.25) is 0 Å². The monoisotopic (exact) mass is 364 g/mol. The van der Waals surface area contributed by atoms with Gasteiger partial charge in [0, 0.05) is 5.92 Å². The molecule has 26 heavy (non-hydrogen) atoms. The highest BCUT2D eigenvalue weighted by Crippen LogP contribution is 2.78. The van der Waals surface area contributed by atoms with E-state index >= 15 is 0 Å². The molecule has 2 aliphatic heterocycles. The van der Waals surface area contributed by atoms with Gasteiger partial charge in [-0.05, 0) is 55.4 Å². The van der Waals surface area contributed by atoms with Crippen LogP contribution in [0.25, 0.3) is 0 Å². The van der Waals surface area contributed by atoms with Crippen LogP contribution in [0.3, 0.4) is 0 Å². The molecule has 0 aromatic rings. The van der Waals surface area contributed by atoms with Crippen LogP contribution in [0.15, 0.2) is 12.3 Å². The topological polar surface area (TPSA) is 85.2 Å². The van der Waals surface area contributed by atoms with Gasteiger partial charge in [-0.25, -0.2) is 0 Å². The Labute approximate surface area is 153 Å². The van der Waals surface area contributed by atoms with Crippen molar-refractivity contribution in [2.24, 2.45) is 28.6 Å². The predicted octanol–water partition coefficient (Wildman–Crippen LogP) is 1.74. The van der Waals surface area contributed by atoms with Crippen molar-refractivity contribution in [3.63, 3.8) is 0 Å². The van der Waals surface area contributed by atoms with Gasteiger partial charge in [-0.1, -0.05) is 13.8 Å². The molecule has 5 rings (SSSR count). The summed E-state index contributed by atoms with van der Waals surface area (Å²) < 4.78 is 17.1. The highest BCUT2D eigenvalue weighted by Gasteiger charge is 2.83. The molecule has 6 heteroatoms. The quantitative estimate of drug-likeness (QED) is 0.690. The lowest BCUT2D eigenvalue weighted by atomic mass is 9.62. The first kappa shape index (κ1) is 17.0. The zero-order valence-corrected chi connectivity index (χ0v) is 15.8. The van der Waals surface area contributed by atoms with Crippen LogP contribution >= 0.6 is 0 Å². The summed E-state index contributed by atoms with van der Waals surface area (Å²) in [6.45, 7) is 5.88. The van der Waals surface area contributed by atoms with Crippen molar-refractivity contribution in [1.29, 1.82) is 0 Å². The third kappa shape index (κ3) is 1.56. The fraction of sp³-hybridized carbons (Fsp3) is 0.850. The Morgan fingerprint density at radius 2 is 1.96 bits per heavy atom. The van der Waals surface area contributed by atoms with E-state index in [1.807, 2.05) is 6.08 Å². The molecule has 0 aromatic carbocycles. The molecule has 0 aromatic heterocycles. The second kappa shape index (κ2) is 4.47. The average molecular weight is 364 g/mol. The lowest BCUT2D eigenvalue weighted by Crippen LogP contribution is -2.50. The van der Waals surface area contributed by atoms with Gasteiger partial charge in [-0.2, -0.15) is 0 Å². The van der Waals surface area contributed by atoms with E-state index in [2.05, 4.69) is 13.8 Å². The van der Waals surface area contributed by atoms with Gasteiger partial charge >= 0.3 is 5.97 Å².